The lowest BCUT2D eigenvalue weighted by Crippen LogP contribution is -2.35. The summed E-state index contributed by atoms with van der Waals surface area (Å²) in [6, 6.07) is 0. The summed E-state index contributed by atoms with van der Waals surface area (Å²) < 4.78 is 5.61. The Bertz CT molecular complexity index is 603. The zero-order chi connectivity index (χ0) is 16.5. The zero-order valence-corrected chi connectivity index (χ0v) is 14.2. The molecule has 0 atom stereocenters. The quantitative estimate of drug-likeness (QED) is 0.705. The molecule has 126 valence electrons. The van der Waals surface area contributed by atoms with Gasteiger partial charge in [-0.1, -0.05) is 0 Å². The number of fused-ring (bicyclic) bond motifs is 4. The van der Waals surface area contributed by atoms with E-state index in [0.29, 0.717) is 26.1 Å². The Morgan fingerprint density at radius 2 is 1.22 bits per heavy atom. The number of aromatic nitrogens is 8. The minimum absolute atomic E-state index is 0.229. The second-order valence-corrected chi connectivity index (χ2v) is 7.23. The van der Waals surface area contributed by atoms with Gasteiger partial charge in [0.25, 0.3) is 0 Å². The number of hydrogen-bond acceptors (Lipinski definition) is 7. The van der Waals surface area contributed by atoms with E-state index in [0.717, 1.165) is 24.5 Å². The fraction of sp³-hybridized carbons (Fsp3) is 0.857. The van der Waals surface area contributed by atoms with Crippen molar-refractivity contribution in [1.82, 2.24) is 40.4 Å². The molecule has 0 saturated heterocycles. The SMILES string of the molecule is CC1(C)CCC(C)(C)n2nnc(n2)CCOCCc2nnn1n2. The smallest absolute Gasteiger partial charge is 0.177 e. The molecular formula is C14H24N8O. The standard InChI is InChI=1S/C14H24N8O/c1-13(2)7-8-14(3,4)22-18-12(16-20-22)6-10-23-9-5-11-15-19-21(13)17-11/h5-10H2,1-4H3. The highest BCUT2D eigenvalue weighted by Gasteiger charge is 2.30. The van der Waals surface area contributed by atoms with Gasteiger partial charge in [-0.25, -0.2) is 0 Å². The number of rotatable bonds is 0. The number of nitrogens with zero attached hydrogens (tertiary/aromatic N) is 8. The summed E-state index contributed by atoms with van der Waals surface area (Å²) in [5, 5.41) is 25.7. The molecule has 2 aromatic heterocycles. The highest BCUT2D eigenvalue weighted by Crippen LogP contribution is 2.27. The van der Waals surface area contributed by atoms with E-state index in [1.807, 2.05) is 0 Å². The molecule has 0 aliphatic carbocycles. The normalized spacial score (nSPS) is 21.4. The van der Waals surface area contributed by atoms with E-state index in [2.05, 4.69) is 58.5 Å². The number of ether oxygens (including phenoxy) is 1. The van der Waals surface area contributed by atoms with Crippen LogP contribution in [0.2, 0.25) is 0 Å². The number of tetrazole rings is 2. The van der Waals surface area contributed by atoms with E-state index in [1.54, 1.807) is 9.59 Å². The lowest BCUT2D eigenvalue weighted by atomic mass is 9.90. The minimum Gasteiger partial charge on any atom is -0.381 e. The Hall–Kier alpha value is -1.90. The van der Waals surface area contributed by atoms with Crippen molar-refractivity contribution in [3.63, 3.8) is 0 Å². The Morgan fingerprint density at radius 1 is 0.783 bits per heavy atom. The zero-order valence-electron chi connectivity index (χ0n) is 14.2. The molecule has 9 nitrogen and oxygen atoms in total. The van der Waals surface area contributed by atoms with E-state index in [-0.39, 0.29) is 11.1 Å². The molecule has 3 heterocycles. The summed E-state index contributed by atoms with van der Waals surface area (Å²) >= 11 is 0. The van der Waals surface area contributed by atoms with Crippen molar-refractivity contribution >= 4 is 0 Å². The Balaban J connectivity index is 1.86. The molecule has 0 N–H and O–H groups in total. The van der Waals surface area contributed by atoms with E-state index >= 15 is 0 Å². The van der Waals surface area contributed by atoms with Crippen molar-refractivity contribution in [1.29, 1.82) is 0 Å². The van der Waals surface area contributed by atoms with Gasteiger partial charge in [-0.2, -0.15) is 9.59 Å². The molecule has 1 aliphatic rings. The molecule has 2 aromatic rings. The monoisotopic (exact) mass is 320 g/mol. The van der Waals surface area contributed by atoms with Gasteiger partial charge >= 0.3 is 0 Å². The van der Waals surface area contributed by atoms with Crippen molar-refractivity contribution < 1.29 is 4.74 Å². The third-order valence-electron chi connectivity index (χ3n) is 4.28. The molecule has 0 radical (unpaired) electrons. The molecule has 0 saturated carbocycles. The third-order valence-corrected chi connectivity index (χ3v) is 4.28. The van der Waals surface area contributed by atoms with Crippen LogP contribution in [0.25, 0.3) is 0 Å². The fourth-order valence-electron chi connectivity index (χ4n) is 2.44. The van der Waals surface area contributed by atoms with E-state index < -0.39 is 0 Å². The maximum Gasteiger partial charge on any atom is 0.177 e. The molecule has 0 aromatic carbocycles. The summed E-state index contributed by atoms with van der Waals surface area (Å²) in [7, 11) is 0. The van der Waals surface area contributed by atoms with Crippen LogP contribution in [0.15, 0.2) is 0 Å². The molecule has 0 amide bonds. The molecule has 23 heavy (non-hydrogen) atoms. The van der Waals surface area contributed by atoms with Crippen LogP contribution < -0.4 is 0 Å². The van der Waals surface area contributed by atoms with Crippen molar-refractivity contribution in [2.45, 2.75) is 64.5 Å². The van der Waals surface area contributed by atoms with Gasteiger partial charge in [0.05, 0.1) is 24.3 Å². The number of hydrogen-bond donors (Lipinski definition) is 0. The van der Waals surface area contributed by atoms with Crippen LogP contribution in [0, 0.1) is 0 Å². The minimum atomic E-state index is -0.229. The van der Waals surface area contributed by atoms with Gasteiger partial charge < -0.3 is 4.74 Å². The summed E-state index contributed by atoms with van der Waals surface area (Å²) in [4.78, 5) is 3.41. The predicted octanol–water partition coefficient (Wildman–Crippen LogP) is 0.725. The summed E-state index contributed by atoms with van der Waals surface area (Å²) in [6.45, 7) is 9.58. The summed E-state index contributed by atoms with van der Waals surface area (Å²) in [5.74, 6) is 1.43. The highest BCUT2D eigenvalue weighted by molar-refractivity contribution is 4.85. The van der Waals surface area contributed by atoms with Crippen LogP contribution in [0.5, 0.6) is 0 Å². The molecule has 9 heteroatoms. The predicted molar refractivity (Wildman–Crippen MR) is 81.7 cm³/mol. The third kappa shape index (κ3) is 3.54. The van der Waals surface area contributed by atoms with Crippen molar-refractivity contribution in [3.05, 3.63) is 11.6 Å². The fourth-order valence-corrected chi connectivity index (χ4v) is 2.44. The highest BCUT2D eigenvalue weighted by atomic mass is 16.5. The lowest BCUT2D eigenvalue weighted by molar-refractivity contribution is 0.137. The molecule has 0 unspecified atom stereocenters. The van der Waals surface area contributed by atoms with Gasteiger partial charge in [0, 0.05) is 12.8 Å². The Labute approximate surface area is 135 Å². The van der Waals surface area contributed by atoms with Gasteiger partial charge in [0.2, 0.25) is 0 Å². The van der Waals surface area contributed by atoms with E-state index in [4.69, 9.17) is 4.74 Å². The molecular weight excluding hydrogens is 296 g/mol. The topological polar surface area (TPSA) is 96.4 Å². The second-order valence-electron chi connectivity index (χ2n) is 7.23. The van der Waals surface area contributed by atoms with Crippen LogP contribution in [0.3, 0.4) is 0 Å². The molecule has 0 spiro atoms. The van der Waals surface area contributed by atoms with Gasteiger partial charge in [0.1, 0.15) is 0 Å². The Morgan fingerprint density at radius 3 is 1.65 bits per heavy atom. The second kappa shape index (κ2) is 5.95. The van der Waals surface area contributed by atoms with Crippen molar-refractivity contribution in [3.8, 4) is 0 Å². The molecule has 4 bridgehead atoms. The first-order valence-corrected chi connectivity index (χ1v) is 8.03. The van der Waals surface area contributed by atoms with E-state index in [9.17, 15) is 0 Å². The van der Waals surface area contributed by atoms with Gasteiger partial charge in [-0.3, -0.25) is 0 Å². The average Bonchev–Trinajstić information content (AvgIpc) is 3.14. The summed E-state index contributed by atoms with van der Waals surface area (Å²) in [5.41, 5.74) is -0.458. The van der Waals surface area contributed by atoms with Crippen molar-refractivity contribution in [2.75, 3.05) is 13.2 Å². The van der Waals surface area contributed by atoms with Crippen LogP contribution in [0.1, 0.15) is 52.2 Å². The maximum atomic E-state index is 5.61. The Kier molecular flexibility index (Phi) is 4.13. The first-order valence-electron chi connectivity index (χ1n) is 8.03. The first kappa shape index (κ1) is 16.0. The van der Waals surface area contributed by atoms with Crippen molar-refractivity contribution in [2.24, 2.45) is 0 Å². The van der Waals surface area contributed by atoms with Crippen LogP contribution in [-0.2, 0) is 28.7 Å². The average molecular weight is 320 g/mol. The van der Waals surface area contributed by atoms with Crippen LogP contribution >= 0.6 is 0 Å². The largest absolute Gasteiger partial charge is 0.381 e. The van der Waals surface area contributed by atoms with Gasteiger partial charge in [-0.05, 0) is 51.0 Å². The molecule has 0 fully saturated rings. The molecule has 1 aliphatic heterocycles. The summed E-state index contributed by atoms with van der Waals surface area (Å²) in [6.07, 6.45) is 3.07. The van der Waals surface area contributed by atoms with Gasteiger partial charge in [-0.15, -0.1) is 20.4 Å². The van der Waals surface area contributed by atoms with Gasteiger partial charge in [0.15, 0.2) is 11.6 Å². The molecule has 3 rings (SSSR count). The van der Waals surface area contributed by atoms with Crippen LogP contribution in [-0.4, -0.2) is 53.6 Å². The van der Waals surface area contributed by atoms with E-state index in [1.165, 1.54) is 0 Å². The van der Waals surface area contributed by atoms with Crippen LogP contribution in [0.4, 0.5) is 0 Å². The lowest BCUT2D eigenvalue weighted by Gasteiger charge is -2.29. The maximum absolute atomic E-state index is 5.61. The first-order chi connectivity index (χ1) is 10.9.